The van der Waals surface area contributed by atoms with Crippen molar-refractivity contribution in [2.45, 2.75) is 11.3 Å². The summed E-state index contributed by atoms with van der Waals surface area (Å²) in [5.74, 6) is -0.204. The lowest BCUT2D eigenvalue weighted by molar-refractivity contribution is 0.0781. The van der Waals surface area contributed by atoms with Gasteiger partial charge in [-0.15, -0.1) is 11.8 Å². The van der Waals surface area contributed by atoms with Crippen molar-refractivity contribution in [2.24, 2.45) is 5.92 Å². The predicted octanol–water partition coefficient (Wildman–Crippen LogP) is 2.00. The fourth-order valence-electron chi connectivity index (χ4n) is 2.14. The number of likely N-dealkylation sites (tertiary alicyclic amines) is 1. The zero-order valence-electron chi connectivity index (χ0n) is 10.2. The average molecular weight is 269 g/mol. The van der Waals surface area contributed by atoms with Gasteiger partial charge in [0.1, 0.15) is 5.82 Å². The van der Waals surface area contributed by atoms with Crippen LogP contribution in [0.2, 0.25) is 0 Å². The smallest absolute Gasteiger partial charge is 0.253 e. The Labute approximate surface area is 110 Å². The first-order valence-electron chi connectivity index (χ1n) is 5.89. The van der Waals surface area contributed by atoms with Crippen LogP contribution in [0.15, 0.2) is 23.1 Å². The number of amides is 1. The molecule has 0 saturated carbocycles. The molecule has 1 amide bonds. The van der Waals surface area contributed by atoms with Gasteiger partial charge in [0.2, 0.25) is 0 Å². The van der Waals surface area contributed by atoms with E-state index in [0.29, 0.717) is 23.5 Å². The van der Waals surface area contributed by atoms with Crippen molar-refractivity contribution >= 4 is 17.7 Å². The maximum atomic E-state index is 13.3. The quantitative estimate of drug-likeness (QED) is 0.853. The molecule has 0 radical (unpaired) electrons. The zero-order chi connectivity index (χ0) is 13.1. The second-order valence-corrected chi connectivity index (χ2v) is 5.29. The van der Waals surface area contributed by atoms with Gasteiger partial charge in [0, 0.05) is 36.1 Å². The molecule has 0 spiro atoms. The molecule has 2 rings (SSSR count). The van der Waals surface area contributed by atoms with Crippen molar-refractivity contribution in [1.82, 2.24) is 4.90 Å². The number of benzene rings is 1. The number of halogens is 1. The van der Waals surface area contributed by atoms with Crippen molar-refractivity contribution in [3.63, 3.8) is 0 Å². The summed E-state index contributed by atoms with van der Waals surface area (Å²) >= 11 is 1.29. The third-order valence-electron chi connectivity index (χ3n) is 3.23. The normalized spacial score (nSPS) is 19.3. The summed E-state index contributed by atoms with van der Waals surface area (Å²) in [7, 11) is 0. The molecule has 1 aliphatic heterocycles. The van der Waals surface area contributed by atoms with E-state index >= 15 is 0 Å². The number of rotatable bonds is 3. The van der Waals surface area contributed by atoms with Gasteiger partial charge in [-0.1, -0.05) is 0 Å². The fourth-order valence-corrected chi connectivity index (χ4v) is 2.65. The molecule has 98 valence electrons. The molecule has 1 heterocycles. The average Bonchev–Trinajstić information content (AvgIpc) is 2.87. The van der Waals surface area contributed by atoms with Gasteiger partial charge in [-0.2, -0.15) is 0 Å². The van der Waals surface area contributed by atoms with Crippen LogP contribution >= 0.6 is 11.8 Å². The highest BCUT2D eigenvalue weighted by molar-refractivity contribution is 7.98. The summed E-state index contributed by atoms with van der Waals surface area (Å²) in [6.07, 6.45) is 2.61. The molecule has 1 N–H and O–H groups in total. The van der Waals surface area contributed by atoms with Crippen LogP contribution in [0, 0.1) is 11.7 Å². The van der Waals surface area contributed by atoms with Crippen LogP contribution in [-0.4, -0.2) is 41.9 Å². The maximum absolute atomic E-state index is 13.3. The van der Waals surface area contributed by atoms with Gasteiger partial charge in [-0.3, -0.25) is 4.79 Å². The number of hydrogen-bond donors (Lipinski definition) is 1. The second-order valence-electron chi connectivity index (χ2n) is 4.44. The number of hydrogen-bond acceptors (Lipinski definition) is 3. The molecule has 0 aromatic heterocycles. The zero-order valence-corrected chi connectivity index (χ0v) is 11.0. The minimum atomic E-state index is -0.297. The lowest BCUT2D eigenvalue weighted by atomic mass is 10.1. The van der Waals surface area contributed by atoms with Crippen molar-refractivity contribution in [2.75, 3.05) is 26.0 Å². The molecular formula is C13H16FNO2S. The highest BCUT2D eigenvalue weighted by Gasteiger charge is 2.26. The summed E-state index contributed by atoms with van der Waals surface area (Å²) in [4.78, 5) is 14.4. The number of nitrogens with zero attached hydrogens (tertiary/aromatic N) is 1. The fraction of sp³-hybridized carbons (Fsp3) is 0.462. The van der Waals surface area contributed by atoms with Gasteiger partial charge in [0.25, 0.3) is 5.91 Å². The monoisotopic (exact) mass is 269 g/mol. The summed E-state index contributed by atoms with van der Waals surface area (Å²) in [5.41, 5.74) is 0.513. The summed E-state index contributed by atoms with van der Waals surface area (Å²) in [6.45, 7) is 1.36. The Hall–Kier alpha value is -1.07. The number of aliphatic hydroxyl groups is 1. The molecular weight excluding hydrogens is 253 g/mol. The number of aliphatic hydroxyl groups excluding tert-OH is 1. The van der Waals surface area contributed by atoms with Gasteiger partial charge in [0.15, 0.2) is 0 Å². The molecule has 1 fully saturated rings. The molecule has 5 heteroatoms. The Morgan fingerprint density at radius 2 is 2.39 bits per heavy atom. The topological polar surface area (TPSA) is 40.5 Å². The molecule has 0 aliphatic carbocycles. The number of carbonyl (C=O) groups is 1. The molecule has 1 aromatic carbocycles. The van der Waals surface area contributed by atoms with E-state index in [1.54, 1.807) is 17.2 Å². The van der Waals surface area contributed by atoms with Crippen LogP contribution in [0.3, 0.4) is 0 Å². The van der Waals surface area contributed by atoms with Crippen LogP contribution in [0.1, 0.15) is 16.8 Å². The molecule has 0 bridgehead atoms. The highest BCUT2D eigenvalue weighted by Crippen LogP contribution is 2.23. The van der Waals surface area contributed by atoms with E-state index in [9.17, 15) is 9.18 Å². The molecule has 1 aliphatic rings. The van der Waals surface area contributed by atoms with Gasteiger partial charge < -0.3 is 10.0 Å². The first-order valence-corrected chi connectivity index (χ1v) is 7.12. The molecule has 3 nitrogen and oxygen atoms in total. The molecule has 1 saturated heterocycles. The summed E-state index contributed by atoms with van der Waals surface area (Å²) in [6, 6.07) is 4.44. The maximum Gasteiger partial charge on any atom is 0.253 e. The number of thioether (sulfide) groups is 1. The van der Waals surface area contributed by atoms with Gasteiger partial charge >= 0.3 is 0 Å². The van der Waals surface area contributed by atoms with Crippen LogP contribution in [0.5, 0.6) is 0 Å². The Morgan fingerprint density at radius 1 is 1.61 bits per heavy atom. The Balaban J connectivity index is 2.14. The lowest BCUT2D eigenvalue weighted by Crippen LogP contribution is -2.29. The van der Waals surface area contributed by atoms with E-state index in [1.807, 2.05) is 0 Å². The third-order valence-corrected chi connectivity index (χ3v) is 3.98. The standard InChI is InChI=1S/C13H16FNO2S/c1-18-12-6-10(2-3-11(12)14)13(17)15-5-4-9(7-15)8-16/h2-3,6,9,16H,4-5,7-8H2,1H3. The summed E-state index contributed by atoms with van der Waals surface area (Å²) < 4.78 is 13.3. The van der Waals surface area contributed by atoms with Gasteiger partial charge in [-0.25, -0.2) is 4.39 Å². The molecule has 18 heavy (non-hydrogen) atoms. The number of carbonyl (C=O) groups excluding carboxylic acids is 1. The molecule has 1 aromatic rings. The van der Waals surface area contributed by atoms with Crippen LogP contribution < -0.4 is 0 Å². The second kappa shape index (κ2) is 5.71. The van der Waals surface area contributed by atoms with Crippen molar-refractivity contribution in [1.29, 1.82) is 0 Å². The van der Waals surface area contributed by atoms with Crippen LogP contribution in [0.25, 0.3) is 0 Å². The minimum Gasteiger partial charge on any atom is -0.396 e. The van der Waals surface area contributed by atoms with E-state index in [4.69, 9.17) is 5.11 Å². The van der Waals surface area contributed by atoms with Crippen LogP contribution in [0.4, 0.5) is 4.39 Å². The van der Waals surface area contributed by atoms with Crippen molar-refractivity contribution in [3.8, 4) is 0 Å². The Bertz CT molecular complexity index is 453. The van der Waals surface area contributed by atoms with Crippen LogP contribution in [-0.2, 0) is 0 Å². The van der Waals surface area contributed by atoms with E-state index in [0.717, 1.165) is 6.42 Å². The largest absolute Gasteiger partial charge is 0.396 e. The van der Waals surface area contributed by atoms with E-state index < -0.39 is 0 Å². The van der Waals surface area contributed by atoms with Gasteiger partial charge in [-0.05, 0) is 30.9 Å². The van der Waals surface area contributed by atoms with E-state index in [-0.39, 0.29) is 24.2 Å². The summed E-state index contributed by atoms with van der Waals surface area (Å²) in [5, 5.41) is 9.06. The van der Waals surface area contributed by atoms with Gasteiger partial charge in [0.05, 0.1) is 0 Å². The first kappa shape index (κ1) is 13.4. The molecule has 1 unspecified atom stereocenters. The minimum absolute atomic E-state index is 0.0822. The van der Waals surface area contributed by atoms with Crippen molar-refractivity contribution in [3.05, 3.63) is 29.6 Å². The lowest BCUT2D eigenvalue weighted by Gasteiger charge is -2.16. The highest BCUT2D eigenvalue weighted by atomic mass is 32.2. The molecule has 1 atom stereocenters. The van der Waals surface area contributed by atoms with E-state index in [2.05, 4.69) is 0 Å². The third kappa shape index (κ3) is 2.67. The van der Waals surface area contributed by atoms with E-state index in [1.165, 1.54) is 23.9 Å². The Morgan fingerprint density at radius 3 is 3.00 bits per heavy atom. The first-order chi connectivity index (χ1) is 8.65. The SMILES string of the molecule is CSc1cc(C(=O)N2CCC(CO)C2)ccc1F. The van der Waals surface area contributed by atoms with Crippen molar-refractivity contribution < 1.29 is 14.3 Å². The predicted molar refractivity (Wildman–Crippen MR) is 69.3 cm³/mol. The Kier molecular flexibility index (Phi) is 4.24.